The first-order chi connectivity index (χ1) is 12.2. The number of para-hydroxylation sites is 1. The summed E-state index contributed by atoms with van der Waals surface area (Å²) < 4.78 is 6.94. The number of hydrogen-bond acceptors (Lipinski definition) is 4. The number of rotatable bonds is 5. The van der Waals surface area contributed by atoms with Crippen LogP contribution in [-0.4, -0.2) is 60.6 Å². The Kier molecular flexibility index (Phi) is 5.55. The lowest BCUT2D eigenvalue weighted by molar-refractivity contribution is 0.202. The maximum atomic E-state index is 12.6. The van der Waals surface area contributed by atoms with E-state index in [1.807, 2.05) is 48.6 Å². The maximum Gasteiger partial charge on any atom is 0.321 e. The lowest BCUT2D eigenvalue weighted by Gasteiger charge is -2.35. The van der Waals surface area contributed by atoms with Crippen LogP contribution in [0, 0.1) is 0 Å². The van der Waals surface area contributed by atoms with Crippen LogP contribution in [-0.2, 0) is 18.2 Å². The highest BCUT2D eigenvalue weighted by molar-refractivity contribution is 5.90. The molecule has 0 bridgehead atoms. The second-order valence-corrected chi connectivity index (χ2v) is 6.18. The zero-order valence-corrected chi connectivity index (χ0v) is 14.8. The minimum absolute atomic E-state index is 0.0456. The van der Waals surface area contributed by atoms with Crippen molar-refractivity contribution < 1.29 is 9.53 Å². The van der Waals surface area contributed by atoms with Crippen LogP contribution in [0.15, 0.2) is 36.7 Å². The zero-order chi connectivity index (χ0) is 17.6. The highest BCUT2D eigenvalue weighted by atomic mass is 16.5. The summed E-state index contributed by atoms with van der Waals surface area (Å²) in [4.78, 5) is 16.7. The lowest BCUT2D eigenvalue weighted by atomic mass is 10.1. The third-order valence-corrected chi connectivity index (χ3v) is 4.46. The number of piperazine rings is 1. The number of aromatic nitrogens is 2. The highest BCUT2D eigenvalue weighted by Crippen LogP contribution is 2.18. The fourth-order valence-electron chi connectivity index (χ4n) is 3.01. The summed E-state index contributed by atoms with van der Waals surface area (Å²) in [6, 6.07) is 7.83. The molecule has 2 amide bonds. The summed E-state index contributed by atoms with van der Waals surface area (Å²) in [7, 11) is 3.59. The fourth-order valence-corrected chi connectivity index (χ4v) is 3.01. The molecular formula is C18H25N5O2. The number of methoxy groups -OCH3 is 1. The van der Waals surface area contributed by atoms with Crippen molar-refractivity contribution in [3.05, 3.63) is 42.2 Å². The Hall–Kier alpha value is -2.54. The third-order valence-electron chi connectivity index (χ3n) is 4.46. The molecular weight excluding hydrogens is 318 g/mol. The van der Waals surface area contributed by atoms with Gasteiger partial charge in [0.1, 0.15) is 0 Å². The number of carbonyl (C=O) groups excluding carboxylic acids is 1. The molecule has 1 aliphatic heterocycles. The molecule has 7 nitrogen and oxygen atoms in total. The minimum atomic E-state index is -0.0456. The van der Waals surface area contributed by atoms with Gasteiger partial charge in [0.2, 0.25) is 0 Å². The van der Waals surface area contributed by atoms with Crippen molar-refractivity contribution in [3.63, 3.8) is 0 Å². The summed E-state index contributed by atoms with van der Waals surface area (Å²) >= 11 is 0. The number of ether oxygens (including phenoxy) is 1. The number of urea groups is 1. The highest BCUT2D eigenvalue weighted by Gasteiger charge is 2.22. The zero-order valence-electron chi connectivity index (χ0n) is 14.8. The maximum absolute atomic E-state index is 12.6. The van der Waals surface area contributed by atoms with E-state index in [4.69, 9.17) is 4.74 Å². The van der Waals surface area contributed by atoms with E-state index in [2.05, 4.69) is 15.3 Å². The van der Waals surface area contributed by atoms with Crippen LogP contribution in [0.3, 0.4) is 0 Å². The fraction of sp³-hybridized carbons (Fsp3) is 0.444. The van der Waals surface area contributed by atoms with Gasteiger partial charge in [0.15, 0.2) is 0 Å². The average Bonchev–Trinajstić information content (AvgIpc) is 3.07. The van der Waals surface area contributed by atoms with Gasteiger partial charge in [-0.15, -0.1) is 0 Å². The largest absolute Gasteiger partial charge is 0.384 e. The SMILES string of the molecule is COCCc1ccccc1NC(=O)N1CCN(c2cnn(C)c2)CC1. The Morgan fingerprint density at radius 1 is 1.24 bits per heavy atom. The summed E-state index contributed by atoms with van der Waals surface area (Å²) in [5, 5.41) is 7.25. The van der Waals surface area contributed by atoms with Gasteiger partial charge < -0.3 is 19.9 Å². The van der Waals surface area contributed by atoms with E-state index in [9.17, 15) is 4.79 Å². The minimum Gasteiger partial charge on any atom is -0.384 e. The van der Waals surface area contributed by atoms with Gasteiger partial charge in [0, 0.05) is 52.2 Å². The Morgan fingerprint density at radius 2 is 2.00 bits per heavy atom. The van der Waals surface area contributed by atoms with Crippen LogP contribution >= 0.6 is 0 Å². The van der Waals surface area contributed by atoms with Crippen LogP contribution in [0.1, 0.15) is 5.56 Å². The first-order valence-corrected chi connectivity index (χ1v) is 8.54. The van der Waals surface area contributed by atoms with Gasteiger partial charge in [0.05, 0.1) is 18.5 Å². The molecule has 7 heteroatoms. The molecule has 2 aromatic rings. The molecule has 0 aliphatic carbocycles. The Morgan fingerprint density at radius 3 is 2.68 bits per heavy atom. The first kappa shape index (κ1) is 17.3. The van der Waals surface area contributed by atoms with E-state index in [-0.39, 0.29) is 6.03 Å². The van der Waals surface area contributed by atoms with Crippen LogP contribution < -0.4 is 10.2 Å². The van der Waals surface area contributed by atoms with Gasteiger partial charge in [0.25, 0.3) is 0 Å². The number of nitrogens with zero attached hydrogens (tertiary/aromatic N) is 4. The molecule has 3 rings (SSSR count). The first-order valence-electron chi connectivity index (χ1n) is 8.54. The van der Waals surface area contributed by atoms with E-state index in [1.54, 1.807) is 11.8 Å². The number of benzene rings is 1. The molecule has 1 aromatic heterocycles. The van der Waals surface area contributed by atoms with Gasteiger partial charge in [-0.1, -0.05) is 18.2 Å². The normalized spacial score (nSPS) is 14.6. The van der Waals surface area contributed by atoms with Gasteiger partial charge in [-0.3, -0.25) is 4.68 Å². The van der Waals surface area contributed by atoms with Crippen molar-refractivity contribution >= 4 is 17.4 Å². The second-order valence-electron chi connectivity index (χ2n) is 6.18. The molecule has 25 heavy (non-hydrogen) atoms. The van der Waals surface area contributed by atoms with Crippen LogP contribution in [0.4, 0.5) is 16.2 Å². The summed E-state index contributed by atoms with van der Waals surface area (Å²) in [5.41, 5.74) is 3.05. The number of nitrogens with one attached hydrogen (secondary N) is 1. The number of amides is 2. The van der Waals surface area contributed by atoms with Crippen molar-refractivity contribution in [2.45, 2.75) is 6.42 Å². The van der Waals surface area contributed by atoms with Gasteiger partial charge in [-0.05, 0) is 18.1 Å². The standard InChI is InChI=1S/C18H25N5O2/c1-21-14-16(13-19-21)22-8-10-23(11-9-22)18(24)20-17-6-4-3-5-15(17)7-12-25-2/h3-6,13-14H,7-12H2,1-2H3,(H,20,24). The molecule has 1 aromatic carbocycles. The third kappa shape index (κ3) is 4.30. The van der Waals surface area contributed by atoms with E-state index in [0.29, 0.717) is 19.7 Å². The predicted molar refractivity (Wildman–Crippen MR) is 98.0 cm³/mol. The molecule has 134 valence electrons. The van der Waals surface area contributed by atoms with Gasteiger partial charge in [-0.2, -0.15) is 5.10 Å². The van der Waals surface area contributed by atoms with E-state index in [1.165, 1.54) is 0 Å². The predicted octanol–water partition coefficient (Wildman–Crippen LogP) is 1.96. The molecule has 1 saturated heterocycles. The Bertz CT molecular complexity index is 707. The Balaban J connectivity index is 1.56. The molecule has 0 saturated carbocycles. The van der Waals surface area contributed by atoms with Crippen molar-refractivity contribution in [3.8, 4) is 0 Å². The van der Waals surface area contributed by atoms with Crippen LogP contribution in [0.5, 0.6) is 0 Å². The van der Waals surface area contributed by atoms with Crippen LogP contribution in [0.2, 0.25) is 0 Å². The summed E-state index contributed by atoms with van der Waals surface area (Å²) in [6.07, 6.45) is 4.64. The molecule has 0 atom stereocenters. The lowest BCUT2D eigenvalue weighted by Crippen LogP contribution is -2.50. The molecule has 1 fully saturated rings. The van der Waals surface area contributed by atoms with E-state index < -0.39 is 0 Å². The summed E-state index contributed by atoms with van der Waals surface area (Å²) in [5.74, 6) is 0. The topological polar surface area (TPSA) is 62.6 Å². The number of anilines is 2. The monoisotopic (exact) mass is 343 g/mol. The molecule has 0 radical (unpaired) electrons. The number of hydrogen-bond donors (Lipinski definition) is 1. The molecule has 0 spiro atoms. The summed E-state index contributed by atoms with van der Waals surface area (Å²) in [6.45, 7) is 3.65. The van der Waals surface area contributed by atoms with Crippen LogP contribution in [0.25, 0.3) is 0 Å². The number of aryl methyl sites for hydroxylation is 1. The molecule has 0 unspecified atom stereocenters. The van der Waals surface area contributed by atoms with E-state index in [0.717, 1.165) is 36.4 Å². The molecule has 1 aliphatic rings. The van der Waals surface area contributed by atoms with Crippen molar-refractivity contribution in [1.29, 1.82) is 0 Å². The van der Waals surface area contributed by atoms with Gasteiger partial charge in [-0.25, -0.2) is 4.79 Å². The Labute approximate surface area is 148 Å². The molecule has 2 heterocycles. The van der Waals surface area contributed by atoms with Gasteiger partial charge >= 0.3 is 6.03 Å². The molecule has 1 N–H and O–H groups in total. The van der Waals surface area contributed by atoms with Crippen molar-refractivity contribution in [2.24, 2.45) is 7.05 Å². The number of carbonyl (C=O) groups is 1. The smallest absolute Gasteiger partial charge is 0.321 e. The quantitative estimate of drug-likeness (QED) is 0.901. The average molecular weight is 343 g/mol. The van der Waals surface area contributed by atoms with Crippen molar-refractivity contribution in [1.82, 2.24) is 14.7 Å². The van der Waals surface area contributed by atoms with Crippen molar-refractivity contribution in [2.75, 3.05) is 50.1 Å². The second kappa shape index (κ2) is 8.02. The van der Waals surface area contributed by atoms with E-state index >= 15 is 0 Å².